The maximum Gasteiger partial charge on any atom is 0.253 e. The molecule has 0 bridgehead atoms. The summed E-state index contributed by atoms with van der Waals surface area (Å²) in [5.41, 5.74) is 2.38. The summed E-state index contributed by atoms with van der Waals surface area (Å²) in [6, 6.07) is 16.8. The van der Waals surface area contributed by atoms with Crippen molar-refractivity contribution in [2.75, 3.05) is 13.1 Å². The van der Waals surface area contributed by atoms with Gasteiger partial charge < -0.3 is 9.69 Å². The summed E-state index contributed by atoms with van der Waals surface area (Å²) in [6.45, 7) is 5.42. The highest BCUT2D eigenvalue weighted by atomic mass is 32.2. The molecule has 194 valence electrons. The van der Waals surface area contributed by atoms with Crippen LogP contribution in [0.15, 0.2) is 54.6 Å². The van der Waals surface area contributed by atoms with Gasteiger partial charge in [-0.25, -0.2) is 8.42 Å². The summed E-state index contributed by atoms with van der Waals surface area (Å²) in [4.78, 5) is 26.1. The quantitative estimate of drug-likeness (QED) is 0.480. The normalized spacial score (nSPS) is 22.9. The lowest BCUT2D eigenvalue weighted by Gasteiger charge is -2.37. The first-order valence-corrected chi connectivity index (χ1v) is 14.7. The van der Waals surface area contributed by atoms with Crippen molar-refractivity contribution < 1.29 is 18.0 Å². The average molecular weight is 511 g/mol. The third-order valence-corrected chi connectivity index (χ3v) is 10.1. The van der Waals surface area contributed by atoms with Crippen LogP contribution in [0.25, 0.3) is 0 Å². The minimum absolute atomic E-state index is 0.0341. The number of ketones is 1. The molecule has 0 saturated carbocycles. The Balaban J connectivity index is 1.36. The smallest absolute Gasteiger partial charge is 0.253 e. The number of nitrogens with zero attached hydrogens (tertiary/aromatic N) is 2. The number of Topliss-reactive ketones (excluding diaryl/α,β-unsaturated/α-hetero) is 1. The number of carbonyl (C=O) groups excluding carboxylic acids is 2. The monoisotopic (exact) mass is 510 g/mol. The van der Waals surface area contributed by atoms with Crippen LogP contribution in [0, 0.1) is 5.92 Å². The molecule has 2 aromatic carbocycles. The molecule has 6 nitrogen and oxygen atoms in total. The number of hydrogen-bond donors (Lipinski definition) is 0. The Morgan fingerprint density at radius 1 is 0.917 bits per heavy atom. The molecule has 4 rings (SSSR count). The van der Waals surface area contributed by atoms with Gasteiger partial charge in [0.05, 0.1) is 0 Å². The van der Waals surface area contributed by atoms with Crippen molar-refractivity contribution in [3.63, 3.8) is 0 Å². The Kier molecular flexibility index (Phi) is 8.62. The summed E-state index contributed by atoms with van der Waals surface area (Å²) >= 11 is 0. The molecule has 0 spiro atoms. The number of benzene rings is 2. The summed E-state index contributed by atoms with van der Waals surface area (Å²) in [5, 5.41) is -0.513. The fourth-order valence-corrected chi connectivity index (χ4v) is 7.73. The van der Waals surface area contributed by atoms with Gasteiger partial charge in [-0.2, -0.15) is 4.31 Å². The van der Waals surface area contributed by atoms with Crippen LogP contribution >= 0.6 is 0 Å². The molecule has 0 aliphatic carbocycles. The minimum Gasteiger partial charge on any atom is -0.339 e. The Morgan fingerprint density at radius 2 is 1.58 bits per heavy atom. The highest BCUT2D eigenvalue weighted by molar-refractivity contribution is 7.89. The Bertz CT molecular complexity index is 1140. The molecule has 2 atom stereocenters. The zero-order valence-corrected chi connectivity index (χ0v) is 22.3. The van der Waals surface area contributed by atoms with Crippen LogP contribution in [0.2, 0.25) is 0 Å². The number of hydrogen-bond acceptors (Lipinski definition) is 4. The van der Waals surface area contributed by atoms with E-state index in [1.807, 2.05) is 66.4 Å². The zero-order chi connectivity index (χ0) is 25.7. The van der Waals surface area contributed by atoms with E-state index in [1.54, 1.807) is 11.2 Å². The van der Waals surface area contributed by atoms with Crippen molar-refractivity contribution in [2.45, 2.75) is 76.6 Å². The molecule has 2 fully saturated rings. The highest BCUT2D eigenvalue weighted by Gasteiger charge is 2.40. The minimum atomic E-state index is -3.49. The predicted molar refractivity (Wildman–Crippen MR) is 142 cm³/mol. The molecule has 1 amide bonds. The van der Waals surface area contributed by atoms with Crippen molar-refractivity contribution in [1.82, 2.24) is 9.21 Å². The maximum atomic E-state index is 13.5. The van der Waals surface area contributed by atoms with Gasteiger partial charge in [0.1, 0.15) is 11.0 Å². The summed E-state index contributed by atoms with van der Waals surface area (Å²) in [7, 11) is -3.49. The lowest BCUT2D eigenvalue weighted by atomic mass is 9.91. The van der Waals surface area contributed by atoms with Crippen LogP contribution in [0.1, 0.15) is 85.5 Å². The molecule has 2 heterocycles. The van der Waals surface area contributed by atoms with Crippen molar-refractivity contribution in [3.05, 3.63) is 71.3 Å². The van der Waals surface area contributed by atoms with Gasteiger partial charge in [-0.15, -0.1) is 0 Å². The number of amides is 1. The first-order valence-electron chi connectivity index (χ1n) is 13.2. The fraction of sp³-hybridized carbons (Fsp3) is 0.517. The molecule has 0 N–H and O–H groups in total. The SMILES string of the molecule is CC(=O)CCCC1CCN(C(=O)c2ccc(CN3[C@@H](C)CCC(c4ccccc4)S3(=O)=O)cc2)CC1. The topological polar surface area (TPSA) is 74.8 Å². The van der Waals surface area contributed by atoms with Gasteiger partial charge in [-0.3, -0.25) is 4.79 Å². The van der Waals surface area contributed by atoms with Gasteiger partial charge in [0.25, 0.3) is 5.91 Å². The van der Waals surface area contributed by atoms with E-state index in [1.165, 1.54) is 0 Å². The summed E-state index contributed by atoms with van der Waals surface area (Å²) in [6.07, 6.45) is 6.05. The maximum absolute atomic E-state index is 13.5. The van der Waals surface area contributed by atoms with Crippen LogP contribution in [-0.2, 0) is 21.4 Å². The third-order valence-electron chi connectivity index (χ3n) is 7.78. The molecule has 2 aliphatic rings. The van der Waals surface area contributed by atoms with Gasteiger partial charge in [0.15, 0.2) is 0 Å². The van der Waals surface area contributed by atoms with E-state index >= 15 is 0 Å². The Morgan fingerprint density at radius 3 is 2.22 bits per heavy atom. The van der Waals surface area contributed by atoms with E-state index in [0.29, 0.717) is 30.9 Å². The third kappa shape index (κ3) is 6.24. The lowest BCUT2D eigenvalue weighted by Crippen LogP contribution is -2.44. The van der Waals surface area contributed by atoms with Crippen molar-refractivity contribution >= 4 is 21.7 Å². The molecule has 2 aliphatic heterocycles. The van der Waals surface area contributed by atoms with Crippen LogP contribution in [0.4, 0.5) is 0 Å². The van der Waals surface area contributed by atoms with Crippen molar-refractivity contribution in [1.29, 1.82) is 0 Å². The van der Waals surface area contributed by atoms with Gasteiger partial charge >= 0.3 is 0 Å². The molecule has 36 heavy (non-hydrogen) atoms. The van der Waals surface area contributed by atoms with Crippen molar-refractivity contribution in [2.24, 2.45) is 5.92 Å². The molecule has 1 unspecified atom stereocenters. The second kappa shape index (κ2) is 11.7. The molecular weight excluding hydrogens is 472 g/mol. The average Bonchev–Trinajstić information content (AvgIpc) is 2.87. The van der Waals surface area contributed by atoms with Crippen LogP contribution < -0.4 is 0 Å². The van der Waals surface area contributed by atoms with Gasteiger partial charge in [-0.05, 0) is 81.5 Å². The molecular formula is C29H38N2O4S. The molecule has 2 aromatic rings. The van der Waals surface area contributed by atoms with Gasteiger partial charge in [0.2, 0.25) is 10.0 Å². The molecule has 2 saturated heterocycles. The van der Waals surface area contributed by atoms with E-state index in [-0.39, 0.29) is 17.7 Å². The lowest BCUT2D eigenvalue weighted by molar-refractivity contribution is -0.117. The van der Waals surface area contributed by atoms with E-state index in [9.17, 15) is 18.0 Å². The number of piperidine rings is 1. The van der Waals surface area contributed by atoms with E-state index in [0.717, 1.165) is 56.3 Å². The van der Waals surface area contributed by atoms with Gasteiger partial charge in [0, 0.05) is 37.7 Å². The first kappa shape index (κ1) is 26.6. The number of sulfonamides is 1. The standard InChI is InChI=1S/C29H38N2O4S/c1-22-11-16-28(26-9-4-3-5-10-26)36(34,35)31(22)21-25-12-14-27(15-13-25)29(33)30-19-17-24(18-20-30)8-6-7-23(2)32/h3-5,9-10,12-15,22,24,28H,6-8,11,16-21H2,1-2H3/t22-,28?/m0/s1. The number of carbonyl (C=O) groups is 2. The van der Waals surface area contributed by atoms with E-state index in [2.05, 4.69) is 0 Å². The van der Waals surface area contributed by atoms with Crippen molar-refractivity contribution in [3.8, 4) is 0 Å². The van der Waals surface area contributed by atoms with Gasteiger partial charge in [-0.1, -0.05) is 42.5 Å². The number of rotatable bonds is 8. The zero-order valence-electron chi connectivity index (χ0n) is 21.4. The summed E-state index contributed by atoms with van der Waals surface area (Å²) < 4.78 is 28.6. The second-order valence-electron chi connectivity index (χ2n) is 10.4. The first-order chi connectivity index (χ1) is 17.3. The Labute approximate surface area is 215 Å². The molecule has 0 aromatic heterocycles. The predicted octanol–water partition coefficient (Wildman–Crippen LogP) is 5.35. The largest absolute Gasteiger partial charge is 0.339 e. The van der Waals surface area contributed by atoms with Crippen LogP contribution in [-0.4, -0.2) is 48.4 Å². The number of likely N-dealkylation sites (tertiary alicyclic amines) is 1. The highest BCUT2D eigenvalue weighted by Crippen LogP contribution is 2.38. The molecule has 0 radical (unpaired) electrons. The van der Waals surface area contributed by atoms with E-state index in [4.69, 9.17) is 0 Å². The fourth-order valence-electron chi connectivity index (χ4n) is 5.53. The molecule has 7 heteroatoms. The summed E-state index contributed by atoms with van der Waals surface area (Å²) in [5.74, 6) is 0.866. The van der Waals surface area contributed by atoms with Crippen LogP contribution in [0.5, 0.6) is 0 Å². The van der Waals surface area contributed by atoms with Crippen LogP contribution in [0.3, 0.4) is 0 Å². The van der Waals surface area contributed by atoms with E-state index < -0.39 is 15.3 Å². The Hall–Kier alpha value is -2.51. The second-order valence-corrected chi connectivity index (χ2v) is 12.5.